The lowest BCUT2D eigenvalue weighted by Gasteiger charge is -2.01. The van der Waals surface area contributed by atoms with Gasteiger partial charge in [-0.05, 0) is 6.07 Å². The van der Waals surface area contributed by atoms with E-state index in [1.807, 2.05) is 0 Å². The summed E-state index contributed by atoms with van der Waals surface area (Å²) in [4.78, 5) is 21.0. The van der Waals surface area contributed by atoms with E-state index in [2.05, 4.69) is 10.5 Å². The Bertz CT molecular complexity index is 531. The fourth-order valence-electron chi connectivity index (χ4n) is 1.03. The van der Waals surface area contributed by atoms with Crippen molar-refractivity contribution in [2.45, 2.75) is 6.92 Å². The summed E-state index contributed by atoms with van der Waals surface area (Å²) in [5, 5.41) is 22.7. The quantitative estimate of drug-likeness (QED) is 0.480. The number of hydrogen-bond donors (Lipinski definition) is 1. The number of para-hydroxylation sites is 2. The molecule has 1 aromatic carbocycles. The molecule has 86 valence electrons. The van der Waals surface area contributed by atoms with Crippen LogP contribution in [0.2, 0.25) is 0 Å². The van der Waals surface area contributed by atoms with Gasteiger partial charge in [0.15, 0.2) is 5.78 Å². The highest BCUT2D eigenvalue weighted by atomic mass is 16.6. The number of benzene rings is 1. The molecule has 0 saturated heterocycles. The van der Waals surface area contributed by atoms with Crippen molar-refractivity contribution < 1.29 is 9.72 Å². The van der Waals surface area contributed by atoms with Gasteiger partial charge in [-0.15, -0.1) is 0 Å². The molecule has 0 aromatic heterocycles. The zero-order valence-corrected chi connectivity index (χ0v) is 8.88. The van der Waals surface area contributed by atoms with E-state index < -0.39 is 10.7 Å². The standard InChI is InChI=1S/C10H8N4O3/c1-7(15)9(6-11)13-12-8-4-2-3-5-10(8)14(16)17/h2-5,12H,1H3/b13-9+. The lowest BCUT2D eigenvalue weighted by molar-refractivity contribution is -0.384. The normalized spacial score (nSPS) is 10.5. The van der Waals surface area contributed by atoms with Crippen LogP contribution in [-0.4, -0.2) is 16.4 Å². The molecule has 1 N–H and O–H groups in total. The highest BCUT2D eigenvalue weighted by molar-refractivity contribution is 6.45. The Morgan fingerprint density at radius 3 is 2.71 bits per heavy atom. The molecule has 0 aliphatic heterocycles. The highest BCUT2D eigenvalue weighted by Gasteiger charge is 2.12. The number of Topliss-reactive ketones (excluding diaryl/α,β-unsaturated/α-hetero) is 1. The molecule has 1 rings (SSSR count). The molecule has 0 bridgehead atoms. The lowest BCUT2D eigenvalue weighted by Crippen LogP contribution is -2.09. The molecule has 0 aliphatic carbocycles. The predicted molar refractivity (Wildman–Crippen MR) is 60.4 cm³/mol. The average molecular weight is 232 g/mol. The first-order valence-corrected chi connectivity index (χ1v) is 4.54. The molecule has 17 heavy (non-hydrogen) atoms. The van der Waals surface area contributed by atoms with Gasteiger partial charge < -0.3 is 0 Å². The van der Waals surface area contributed by atoms with Gasteiger partial charge in [-0.3, -0.25) is 20.3 Å². The second kappa shape index (κ2) is 5.37. The third kappa shape index (κ3) is 3.10. The monoisotopic (exact) mass is 232 g/mol. The molecule has 1 aromatic rings. The minimum absolute atomic E-state index is 0.117. The lowest BCUT2D eigenvalue weighted by atomic mass is 10.3. The van der Waals surface area contributed by atoms with Gasteiger partial charge >= 0.3 is 0 Å². The summed E-state index contributed by atoms with van der Waals surface area (Å²) in [6, 6.07) is 7.38. The summed E-state index contributed by atoms with van der Waals surface area (Å²) >= 11 is 0. The van der Waals surface area contributed by atoms with Crippen molar-refractivity contribution >= 4 is 22.9 Å². The number of anilines is 1. The molecule has 0 aliphatic rings. The Hall–Kier alpha value is -2.75. The minimum atomic E-state index is -0.586. The van der Waals surface area contributed by atoms with Gasteiger partial charge in [0.25, 0.3) is 5.69 Å². The van der Waals surface area contributed by atoms with Gasteiger partial charge in [0.1, 0.15) is 11.8 Å². The Kier molecular flexibility index (Phi) is 3.89. The number of rotatable bonds is 4. The molecule has 0 heterocycles. The molecule has 0 saturated carbocycles. The molecule has 7 heteroatoms. The maximum Gasteiger partial charge on any atom is 0.294 e. The van der Waals surface area contributed by atoms with Crippen molar-refractivity contribution in [2.75, 3.05) is 5.43 Å². The van der Waals surface area contributed by atoms with E-state index in [0.717, 1.165) is 0 Å². The Balaban J connectivity index is 3.01. The predicted octanol–water partition coefficient (Wildman–Crippen LogP) is 1.48. The third-order valence-corrected chi connectivity index (χ3v) is 1.83. The van der Waals surface area contributed by atoms with Crippen LogP contribution in [0.4, 0.5) is 11.4 Å². The molecular weight excluding hydrogens is 224 g/mol. The first kappa shape index (κ1) is 12.3. The van der Waals surface area contributed by atoms with Crippen LogP contribution in [0, 0.1) is 21.4 Å². The van der Waals surface area contributed by atoms with Crippen LogP contribution in [0.1, 0.15) is 6.92 Å². The average Bonchev–Trinajstić information content (AvgIpc) is 2.29. The smallest absolute Gasteiger partial charge is 0.292 e. The number of hydrogen-bond acceptors (Lipinski definition) is 6. The molecule has 7 nitrogen and oxygen atoms in total. The van der Waals surface area contributed by atoms with Crippen molar-refractivity contribution in [3.8, 4) is 6.07 Å². The van der Waals surface area contributed by atoms with Crippen LogP contribution in [-0.2, 0) is 4.79 Å². The van der Waals surface area contributed by atoms with Crippen molar-refractivity contribution in [3.05, 3.63) is 34.4 Å². The Morgan fingerprint density at radius 2 is 2.18 bits per heavy atom. The van der Waals surface area contributed by atoms with E-state index in [1.165, 1.54) is 25.1 Å². The zero-order valence-electron chi connectivity index (χ0n) is 8.88. The van der Waals surface area contributed by atoms with Crippen LogP contribution in [0.15, 0.2) is 29.4 Å². The van der Waals surface area contributed by atoms with Gasteiger partial charge in [0.05, 0.1) is 4.92 Å². The van der Waals surface area contributed by atoms with E-state index in [0.29, 0.717) is 0 Å². The van der Waals surface area contributed by atoms with Gasteiger partial charge in [0.2, 0.25) is 5.71 Å². The number of nitro groups is 1. The van der Waals surface area contributed by atoms with E-state index in [4.69, 9.17) is 5.26 Å². The number of carbonyl (C=O) groups is 1. The third-order valence-electron chi connectivity index (χ3n) is 1.83. The van der Waals surface area contributed by atoms with Crippen LogP contribution >= 0.6 is 0 Å². The molecule has 0 spiro atoms. The first-order chi connectivity index (χ1) is 8.06. The van der Waals surface area contributed by atoms with Gasteiger partial charge in [0, 0.05) is 13.0 Å². The van der Waals surface area contributed by atoms with Gasteiger partial charge in [-0.25, -0.2) is 0 Å². The summed E-state index contributed by atoms with van der Waals surface area (Å²) in [5.41, 5.74) is 1.92. The molecule has 0 fully saturated rings. The Morgan fingerprint density at radius 1 is 1.53 bits per heavy atom. The van der Waals surface area contributed by atoms with Gasteiger partial charge in [-0.1, -0.05) is 12.1 Å². The van der Waals surface area contributed by atoms with Crippen LogP contribution in [0.25, 0.3) is 0 Å². The Labute approximate surface area is 96.5 Å². The van der Waals surface area contributed by atoms with Crippen molar-refractivity contribution in [3.63, 3.8) is 0 Å². The second-order valence-corrected chi connectivity index (χ2v) is 3.01. The van der Waals surface area contributed by atoms with Crippen LogP contribution in [0.3, 0.4) is 0 Å². The summed E-state index contributed by atoms with van der Waals surface area (Å²) in [5.74, 6) is -0.515. The molecule has 0 amide bonds. The van der Waals surface area contributed by atoms with E-state index in [9.17, 15) is 14.9 Å². The molecule has 0 radical (unpaired) electrons. The minimum Gasteiger partial charge on any atom is -0.292 e. The SMILES string of the molecule is CC(=O)/C(C#N)=N/Nc1ccccc1[N+](=O)[O-]. The maximum atomic E-state index is 10.9. The number of hydrazone groups is 1. The first-order valence-electron chi connectivity index (χ1n) is 4.54. The molecule has 0 atom stereocenters. The molecule has 0 unspecified atom stereocenters. The highest BCUT2D eigenvalue weighted by Crippen LogP contribution is 2.22. The van der Waals surface area contributed by atoms with Crippen LogP contribution < -0.4 is 5.43 Å². The largest absolute Gasteiger partial charge is 0.294 e. The number of carbonyl (C=O) groups excluding carboxylic acids is 1. The van der Waals surface area contributed by atoms with Crippen LogP contribution in [0.5, 0.6) is 0 Å². The number of nitrogens with zero attached hydrogens (tertiary/aromatic N) is 3. The summed E-state index contributed by atoms with van der Waals surface area (Å²) in [7, 11) is 0. The topological polar surface area (TPSA) is 108 Å². The van der Waals surface area contributed by atoms with Gasteiger partial charge in [-0.2, -0.15) is 10.4 Å². The number of nitrogens with one attached hydrogen (secondary N) is 1. The van der Waals surface area contributed by atoms with E-state index >= 15 is 0 Å². The number of ketones is 1. The fraction of sp³-hybridized carbons (Fsp3) is 0.100. The summed E-state index contributed by atoms with van der Waals surface area (Å²) in [6.45, 7) is 1.18. The van der Waals surface area contributed by atoms with Crippen molar-refractivity contribution in [1.29, 1.82) is 5.26 Å². The zero-order chi connectivity index (χ0) is 12.8. The fourth-order valence-corrected chi connectivity index (χ4v) is 1.03. The van der Waals surface area contributed by atoms with E-state index in [1.54, 1.807) is 12.1 Å². The number of nitro benzene ring substituents is 1. The number of nitriles is 1. The van der Waals surface area contributed by atoms with Crippen molar-refractivity contribution in [2.24, 2.45) is 5.10 Å². The summed E-state index contributed by atoms with van der Waals surface area (Å²) < 4.78 is 0. The maximum absolute atomic E-state index is 10.9. The summed E-state index contributed by atoms with van der Waals surface area (Å²) in [6.07, 6.45) is 0. The van der Waals surface area contributed by atoms with E-state index in [-0.39, 0.29) is 17.1 Å². The van der Waals surface area contributed by atoms with Crippen molar-refractivity contribution in [1.82, 2.24) is 0 Å². The second-order valence-electron chi connectivity index (χ2n) is 3.01. The molecular formula is C10H8N4O3.